The second-order valence-corrected chi connectivity index (χ2v) is 3.58. The van der Waals surface area contributed by atoms with Crippen molar-refractivity contribution in [3.05, 3.63) is 3.57 Å². The molecule has 72 valence electrons. The first-order chi connectivity index (χ1) is 6.00. The van der Waals surface area contributed by atoms with Gasteiger partial charge in [-0.3, -0.25) is 0 Å². The van der Waals surface area contributed by atoms with Crippen molar-refractivity contribution in [2.45, 2.75) is 0 Å². The van der Waals surface area contributed by atoms with E-state index in [1.54, 1.807) is 0 Å². The van der Waals surface area contributed by atoms with Gasteiger partial charge in [-0.05, 0) is 22.6 Å². The number of hydrogen-bond donors (Lipinski definition) is 4. The largest absolute Gasteiger partial charge is 0.492 e. The van der Waals surface area contributed by atoms with Crippen LogP contribution in [0.4, 0.5) is 22.7 Å². The van der Waals surface area contributed by atoms with Gasteiger partial charge < -0.3 is 27.7 Å². The highest BCUT2D eigenvalue weighted by atomic mass is 127. The van der Waals surface area contributed by atoms with Gasteiger partial charge in [-0.25, -0.2) is 0 Å². The lowest BCUT2D eigenvalue weighted by molar-refractivity contribution is 0.419. The summed E-state index contributed by atoms with van der Waals surface area (Å²) in [5.41, 5.74) is 24.1. The molecule has 6 heteroatoms. The summed E-state index contributed by atoms with van der Waals surface area (Å²) in [7, 11) is 1.48. The Kier molecular flexibility index (Phi) is 2.60. The molecule has 0 aliphatic rings. The molecule has 0 saturated heterocycles. The molecule has 0 aliphatic heterocycles. The summed E-state index contributed by atoms with van der Waals surface area (Å²) in [4.78, 5) is 0. The van der Waals surface area contributed by atoms with Crippen molar-refractivity contribution in [1.29, 1.82) is 0 Å². The van der Waals surface area contributed by atoms with Gasteiger partial charge in [0, 0.05) is 0 Å². The Morgan fingerprint density at radius 3 is 1.92 bits per heavy atom. The Hall–Kier alpha value is -1.05. The zero-order valence-corrected chi connectivity index (χ0v) is 9.25. The van der Waals surface area contributed by atoms with E-state index in [4.69, 9.17) is 27.7 Å². The molecular weight excluding hydrogens is 283 g/mol. The molecule has 0 fully saturated rings. The van der Waals surface area contributed by atoms with Crippen molar-refractivity contribution >= 4 is 45.3 Å². The molecule has 0 aliphatic carbocycles. The van der Waals surface area contributed by atoms with E-state index in [1.807, 2.05) is 22.6 Å². The maximum atomic E-state index is 5.72. The molecular formula is C7H11IN4O. The Labute approximate surface area is 89.5 Å². The predicted molar refractivity (Wildman–Crippen MR) is 63.4 cm³/mol. The Balaban J connectivity index is 3.56. The zero-order valence-electron chi connectivity index (χ0n) is 7.10. The van der Waals surface area contributed by atoms with Gasteiger partial charge in [0.2, 0.25) is 0 Å². The van der Waals surface area contributed by atoms with E-state index >= 15 is 0 Å². The Morgan fingerprint density at radius 1 is 0.923 bits per heavy atom. The van der Waals surface area contributed by atoms with Crippen molar-refractivity contribution in [3.63, 3.8) is 0 Å². The van der Waals surface area contributed by atoms with Crippen LogP contribution in [0.5, 0.6) is 5.75 Å². The smallest absolute Gasteiger partial charge is 0.167 e. The number of rotatable bonds is 1. The first-order valence-corrected chi connectivity index (χ1v) is 4.53. The number of nitrogen functional groups attached to an aromatic ring is 4. The van der Waals surface area contributed by atoms with Crippen LogP contribution < -0.4 is 27.7 Å². The van der Waals surface area contributed by atoms with Crippen LogP contribution in [0.2, 0.25) is 0 Å². The van der Waals surface area contributed by atoms with Gasteiger partial charge in [0.15, 0.2) is 5.75 Å². The fourth-order valence-corrected chi connectivity index (χ4v) is 1.53. The van der Waals surface area contributed by atoms with Gasteiger partial charge in [0.25, 0.3) is 0 Å². The van der Waals surface area contributed by atoms with Crippen LogP contribution in [0.15, 0.2) is 0 Å². The summed E-state index contributed by atoms with van der Waals surface area (Å²) in [5.74, 6) is 0.385. The zero-order chi connectivity index (χ0) is 10.2. The van der Waals surface area contributed by atoms with Gasteiger partial charge in [-0.2, -0.15) is 0 Å². The molecule has 0 heterocycles. The average Bonchev–Trinajstić information content (AvgIpc) is 2.13. The topological polar surface area (TPSA) is 113 Å². The molecule has 0 spiro atoms. The Morgan fingerprint density at radius 2 is 1.46 bits per heavy atom. The van der Waals surface area contributed by atoms with Gasteiger partial charge in [-0.15, -0.1) is 0 Å². The predicted octanol–water partition coefficient (Wildman–Crippen LogP) is 0.629. The third kappa shape index (κ3) is 1.41. The summed E-state index contributed by atoms with van der Waals surface area (Å²) in [5, 5.41) is 0. The van der Waals surface area contributed by atoms with Gasteiger partial charge in [-0.1, -0.05) is 0 Å². The standard InChI is InChI=1S/C7H11IN4O/c1-13-7-4(10)2(8)3(9)5(11)6(7)12/h9-12H2,1H3. The minimum Gasteiger partial charge on any atom is -0.492 e. The lowest BCUT2D eigenvalue weighted by Crippen LogP contribution is -2.08. The lowest BCUT2D eigenvalue weighted by atomic mass is 10.2. The number of halogens is 1. The van der Waals surface area contributed by atoms with E-state index in [9.17, 15) is 0 Å². The normalized spacial score (nSPS) is 10.0. The van der Waals surface area contributed by atoms with Gasteiger partial charge in [0.1, 0.15) is 5.69 Å². The molecule has 1 rings (SSSR count). The summed E-state index contributed by atoms with van der Waals surface area (Å²) in [6.45, 7) is 0. The van der Waals surface area contributed by atoms with E-state index in [2.05, 4.69) is 0 Å². The fourth-order valence-electron chi connectivity index (χ4n) is 0.995. The van der Waals surface area contributed by atoms with Crippen LogP contribution in [0.1, 0.15) is 0 Å². The monoisotopic (exact) mass is 294 g/mol. The van der Waals surface area contributed by atoms with E-state index in [1.165, 1.54) is 7.11 Å². The van der Waals surface area contributed by atoms with Crippen molar-refractivity contribution < 1.29 is 4.74 Å². The fraction of sp³-hybridized carbons (Fsp3) is 0.143. The number of benzene rings is 1. The number of ether oxygens (including phenoxy) is 1. The third-order valence-electron chi connectivity index (χ3n) is 1.75. The van der Waals surface area contributed by atoms with Crippen LogP contribution >= 0.6 is 22.6 Å². The van der Waals surface area contributed by atoms with E-state index in [0.717, 1.165) is 0 Å². The molecule has 1 aromatic carbocycles. The maximum absolute atomic E-state index is 5.72. The highest BCUT2D eigenvalue weighted by Crippen LogP contribution is 2.42. The van der Waals surface area contributed by atoms with Crippen LogP contribution in [0.25, 0.3) is 0 Å². The molecule has 0 unspecified atom stereocenters. The second kappa shape index (κ2) is 3.36. The molecule has 0 aromatic heterocycles. The quantitative estimate of drug-likeness (QED) is 0.448. The van der Waals surface area contributed by atoms with Crippen LogP contribution in [0, 0.1) is 3.57 Å². The second-order valence-electron chi connectivity index (χ2n) is 2.50. The molecule has 5 nitrogen and oxygen atoms in total. The highest BCUT2D eigenvalue weighted by molar-refractivity contribution is 14.1. The first kappa shape index (κ1) is 10.0. The number of hydrogen-bond acceptors (Lipinski definition) is 5. The molecule has 0 amide bonds. The summed E-state index contributed by atoms with van der Waals surface area (Å²) in [6.07, 6.45) is 0. The van der Waals surface area contributed by atoms with E-state index in [-0.39, 0.29) is 5.69 Å². The molecule has 8 N–H and O–H groups in total. The summed E-state index contributed by atoms with van der Waals surface area (Å²) >= 11 is 1.99. The molecule has 13 heavy (non-hydrogen) atoms. The summed E-state index contributed by atoms with van der Waals surface area (Å²) in [6, 6.07) is 0. The summed E-state index contributed by atoms with van der Waals surface area (Å²) < 4.78 is 5.67. The minimum atomic E-state index is 0.290. The van der Waals surface area contributed by atoms with Crippen molar-refractivity contribution in [3.8, 4) is 5.75 Å². The molecule has 0 saturated carbocycles. The van der Waals surface area contributed by atoms with Crippen LogP contribution in [-0.2, 0) is 0 Å². The lowest BCUT2D eigenvalue weighted by Gasteiger charge is -2.14. The molecule has 1 aromatic rings. The van der Waals surface area contributed by atoms with Crippen LogP contribution in [-0.4, -0.2) is 7.11 Å². The van der Waals surface area contributed by atoms with Crippen molar-refractivity contribution in [2.75, 3.05) is 30.0 Å². The SMILES string of the molecule is COc1c(N)c(N)c(N)c(I)c1N. The molecule has 0 bridgehead atoms. The number of methoxy groups -OCH3 is 1. The number of nitrogens with two attached hydrogens (primary N) is 4. The maximum Gasteiger partial charge on any atom is 0.167 e. The van der Waals surface area contributed by atoms with Gasteiger partial charge >= 0.3 is 0 Å². The highest BCUT2D eigenvalue weighted by Gasteiger charge is 2.16. The molecule has 0 atom stereocenters. The number of anilines is 4. The van der Waals surface area contributed by atoms with Crippen molar-refractivity contribution in [1.82, 2.24) is 0 Å². The minimum absolute atomic E-state index is 0.290. The Bertz CT molecular complexity index is 324. The van der Waals surface area contributed by atoms with Gasteiger partial charge in [0.05, 0.1) is 27.7 Å². The van der Waals surface area contributed by atoms with E-state index < -0.39 is 0 Å². The first-order valence-electron chi connectivity index (χ1n) is 3.46. The van der Waals surface area contributed by atoms with E-state index in [0.29, 0.717) is 26.4 Å². The van der Waals surface area contributed by atoms with Crippen molar-refractivity contribution in [2.24, 2.45) is 0 Å². The third-order valence-corrected chi connectivity index (χ3v) is 2.91. The molecule has 0 radical (unpaired) electrons. The average molecular weight is 294 g/mol. The van der Waals surface area contributed by atoms with Crippen LogP contribution in [0.3, 0.4) is 0 Å².